The largest absolute Gasteiger partial charge is 0.338 e. The second-order valence-corrected chi connectivity index (χ2v) is 5.27. The highest BCUT2D eigenvalue weighted by atomic mass is 32.1. The first-order chi connectivity index (χ1) is 9.54. The van der Waals surface area contributed by atoms with Crippen LogP contribution in [0.3, 0.4) is 0 Å². The Balaban J connectivity index is 2.55. The van der Waals surface area contributed by atoms with E-state index in [-0.39, 0.29) is 6.03 Å². The van der Waals surface area contributed by atoms with Crippen LogP contribution in [0.15, 0.2) is 12.1 Å². The van der Waals surface area contributed by atoms with Crippen molar-refractivity contribution in [1.82, 2.24) is 20.1 Å². The maximum Gasteiger partial charge on any atom is 0.328 e. The molecule has 0 atom stereocenters. The van der Waals surface area contributed by atoms with Crippen molar-refractivity contribution in [3.8, 4) is 0 Å². The van der Waals surface area contributed by atoms with Gasteiger partial charge in [-0.15, -0.1) is 0 Å². The number of carbonyl (C=O) groups is 1. The molecule has 1 aromatic carbocycles. The second kappa shape index (κ2) is 5.96. The smallest absolute Gasteiger partial charge is 0.328 e. The molecule has 0 aliphatic carbocycles. The van der Waals surface area contributed by atoms with E-state index in [4.69, 9.17) is 0 Å². The number of nitrogens with one attached hydrogen (secondary N) is 1. The lowest BCUT2D eigenvalue weighted by Crippen LogP contribution is -2.37. The lowest BCUT2D eigenvalue weighted by atomic mass is 10.0. The second-order valence-electron chi connectivity index (χ2n) is 4.56. The van der Waals surface area contributed by atoms with Crippen LogP contribution in [0.25, 0.3) is 0 Å². The van der Waals surface area contributed by atoms with Crippen molar-refractivity contribution in [3.63, 3.8) is 0 Å². The molecule has 0 saturated carbocycles. The Morgan fingerprint density at radius 2 is 1.95 bits per heavy atom. The van der Waals surface area contributed by atoms with E-state index >= 15 is 0 Å². The zero-order valence-electron chi connectivity index (χ0n) is 12.0. The topological polar surface area (TPSA) is 71.0 Å². The molecule has 1 aromatic heterocycles. The molecule has 7 heteroatoms. The van der Waals surface area contributed by atoms with Crippen molar-refractivity contribution >= 4 is 28.4 Å². The SMILES string of the molecule is CCNC(=O)N(c1nnns1)c1c(C)cc(C)cc1C. The quantitative estimate of drug-likeness (QED) is 0.944. The van der Waals surface area contributed by atoms with E-state index in [1.54, 1.807) is 0 Å². The summed E-state index contributed by atoms with van der Waals surface area (Å²) in [7, 11) is 0. The van der Waals surface area contributed by atoms with E-state index < -0.39 is 0 Å². The van der Waals surface area contributed by atoms with Crippen molar-refractivity contribution in [2.45, 2.75) is 27.7 Å². The van der Waals surface area contributed by atoms with E-state index in [0.29, 0.717) is 11.7 Å². The van der Waals surface area contributed by atoms with Crippen LogP contribution >= 0.6 is 11.5 Å². The van der Waals surface area contributed by atoms with Gasteiger partial charge in [0, 0.05) is 18.1 Å². The number of aromatic nitrogens is 3. The van der Waals surface area contributed by atoms with Crippen LogP contribution in [0.5, 0.6) is 0 Å². The molecule has 0 aliphatic rings. The van der Waals surface area contributed by atoms with Gasteiger partial charge in [0.05, 0.1) is 5.69 Å². The molecule has 6 nitrogen and oxygen atoms in total. The zero-order valence-corrected chi connectivity index (χ0v) is 12.8. The third kappa shape index (κ3) is 2.77. The molecule has 20 heavy (non-hydrogen) atoms. The summed E-state index contributed by atoms with van der Waals surface area (Å²) in [5, 5.41) is 10.8. The van der Waals surface area contributed by atoms with Crippen molar-refractivity contribution < 1.29 is 4.79 Å². The van der Waals surface area contributed by atoms with Crippen LogP contribution in [0.1, 0.15) is 23.6 Å². The Labute approximate surface area is 122 Å². The summed E-state index contributed by atoms with van der Waals surface area (Å²) < 4.78 is 3.75. The molecular weight excluding hydrogens is 274 g/mol. The number of anilines is 2. The molecule has 2 rings (SSSR count). The minimum atomic E-state index is -0.221. The Morgan fingerprint density at radius 3 is 2.45 bits per heavy atom. The molecule has 0 radical (unpaired) electrons. The van der Waals surface area contributed by atoms with Gasteiger partial charge in [-0.2, -0.15) is 0 Å². The highest BCUT2D eigenvalue weighted by Gasteiger charge is 2.24. The van der Waals surface area contributed by atoms with Gasteiger partial charge in [-0.05, 0) is 44.0 Å². The average Bonchev–Trinajstić information content (AvgIpc) is 2.87. The summed E-state index contributed by atoms with van der Waals surface area (Å²) >= 11 is 1.09. The molecule has 1 heterocycles. The number of benzene rings is 1. The van der Waals surface area contributed by atoms with Gasteiger partial charge in [0.2, 0.25) is 5.13 Å². The number of urea groups is 1. The fraction of sp³-hybridized carbons (Fsp3) is 0.385. The number of hydrogen-bond donors (Lipinski definition) is 1. The standard InChI is InChI=1S/C13H17N5OS/c1-5-14-12(19)18(13-15-16-17-20-13)11-9(3)6-8(2)7-10(11)4/h6-7H,5H2,1-4H3,(H,14,19). The predicted molar refractivity (Wildman–Crippen MR) is 79.6 cm³/mol. The molecule has 2 aromatic rings. The van der Waals surface area contributed by atoms with Gasteiger partial charge in [0.15, 0.2) is 0 Å². The van der Waals surface area contributed by atoms with Gasteiger partial charge in [-0.25, -0.2) is 9.69 Å². The summed E-state index contributed by atoms with van der Waals surface area (Å²) in [5.74, 6) is 0. The predicted octanol–water partition coefficient (Wildman–Crippen LogP) is 2.73. The van der Waals surface area contributed by atoms with Crippen LogP contribution in [0.4, 0.5) is 15.6 Å². The minimum absolute atomic E-state index is 0.221. The molecule has 0 fully saturated rings. The molecule has 0 saturated heterocycles. The van der Waals surface area contributed by atoms with Gasteiger partial charge in [-0.1, -0.05) is 27.3 Å². The number of amides is 2. The summed E-state index contributed by atoms with van der Waals surface area (Å²) in [4.78, 5) is 13.9. The first-order valence-corrected chi connectivity index (χ1v) is 7.12. The van der Waals surface area contributed by atoms with Crippen molar-refractivity contribution in [1.29, 1.82) is 0 Å². The molecule has 0 aliphatic heterocycles. The summed E-state index contributed by atoms with van der Waals surface area (Å²) in [6.07, 6.45) is 0. The number of aryl methyl sites for hydroxylation is 3. The van der Waals surface area contributed by atoms with Crippen LogP contribution < -0.4 is 10.2 Å². The molecule has 106 valence electrons. The van der Waals surface area contributed by atoms with Crippen LogP contribution in [0, 0.1) is 20.8 Å². The summed E-state index contributed by atoms with van der Waals surface area (Å²) in [5.41, 5.74) is 4.03. The van der Waals surface area contributed by atoms with E-state index in [9.17, 15) is 4.79 Å². The van der Waals surface area contributed by atoms with Crippen molar-refractivity contribution in [2.24, 2.45) is 0 Å². The molecule has 2 amide bonds. The Hall–Kier alpha value is -2.02. The van der Waals surface area contributed by atoms with Crippen LogP contribution in [-0.2, 0) is 0 Å². The van der Waals surface area contributed by atoms with Crippen LogP contribution in [0.2, 0.25) is 0 Å². The summed E-state index contributed by atoms with van der Waals surface area (Å²) in [6, 6.07) is 3.87. The highest BCUT2D eigenvalue weighted by molar-refractivity contribution is 7.09. The fourth-order valence-electron chi connectivity index (χ4n) is 2.25. The maximum atomic E-state index is 12.4. The fourth-order valence-corrected chi connectivity index (χ4v) is 2.73. The average molecular weight is 291 g/mol. The monoisotopic (exact) mass is 291 g/mol. The Morgan fingerprint density at radius 1 is 1.30 bits per heavy atom. The van der Waals surface area contributed by atoms with Gasteiger partial charge >= 0.3 is 6.03 Å². The molecular formula is C13H17N5OS. The van der Waals surface area contributed by atoms with E-state index in [1.165, 1.54) is 4.90 Å². The lowest BCUT2D eigenvalue weighted by molar-refractivity contribution is 0.249. The van der Waals surface area contributed by atoms with Gasteiger partial charge in [-0.3, -0.25) is 0 Å². The van der Waals surface area contributed by atoms with Crippen molar-refractivity contribution in [3.05, 3.63) is 28.8 Å². The molecule has 1 N–H and O–H groups in total. The number of nitrogens with zero attached hydrogens (tertiary/aromatic N) is 4. The number of rotatable bonds is 3. The van der Waals surface area contributed by atoms with Gasteiger partial charge in [0.1, 0.15) is 0 Å². The minimum Gasteiger partial charge on any atom is -0.338 e. The molecule has 0 unspecified atom stereocenters. The third-order valence-corrected chi connectivity index (χ3v) is 3.45. The Kier molecular flexibility index (Phi) is 4.29. The first-order valence-electron chi connectivity index (χ1n) is 6.35. The van der Waals surface area contributed by atoms with Crippen LogP contribution in [-0.4, -0.2) is 27.4 Å². The number of carbonyl (C=O) groups excluding carboxylic acids is 1. The van der Waals surface area contributed by atoms with Gasteiger partial charge < -0.3 is 5.32 Å². The normalized spacial score (nSPS) is 10.4. The van der Waals surface area contributed by atoms with E-state index in [1.807, 2.05) is 39.8 Å². The highest BCUT2D eigenvalue weighted by Crippen LogP contribution is 2.32. The summed E-state index contributed by atoms with van der Waals surface area (Å²) in [6.45, 7) is 8.42. The lowest BCUT2D eigenvalue weighted by Gasteiger charge is -2.23. The van der Waals surface area contributed by atoms with E-state index in [0.717, 1.165) is 33.9 Å². The molecule has 0 bridgehead atoms. The Bertz CT molecular complexity index is 588. The first kappa shape index (κ1) is 14.4. The molecule has 0 spiro atoms. The number of hydrogen-bond acceptors (Lipinski definition) is 5. The van der Waals surface area contributed by atoms with Crippen molar-refractivity contribution in [2.75, 3.05) is 11.4 Å². The van der Waals surface area contributed by atoms with Gasteiger partial charge in [0.25, 0.3) is 0 Å². The van der Waals surface area contributed by atoms with E-state index in [2.05, 4.69) is 20.1 Å². The zero-order chi connectivity index (χ0) is 14.7. The maximum absolute atomic E-state index is 12.4. The third-order valence-electron chi connectivity index (χ3n) is 2.87.